The lowest BCUT2D eigenvalue weighted by atomic mass is 9.98. The molecule has 0 radical (unpaired) electrons. The Bertz CT molecular complexity index is 337. The van der Waals surface area contributed by atoms with Gasteiger partial charge in [0.25, 0.3) is 0 Å². The van der Waals surface area contributed by atoms with Gasteiger partial charge in [0.1, 0.15) is 0 Å². The average molecular weight is 285 g/mol. The number of hydrogen-bond donors (Lipinski definition) is 2. The number of halogens is 1. The van der Waals surface area contributed by atoms with E-state index < -0.39 is 0 Å². The molecule has 0 amide bonds. The normalized spacial score (nSPS) is 13.1. The SMILES string of the molecule is CC(C)C(C)CNCc1ccc(Br)c(N)c1. The van der Waals surface area contributed by atoms with E-state index in [9.17, 15) is 0 Å². The molecule has 0 saturated heterocycles. The summed E-state index contributed by atoms with van der Waals surface area (Å²) >= 11 is 3.39. The average Bonchev–Trinajstić information content (AvgIpc) is 2.23. The van der Waals surface area contributed by atoms with Crippen LogP contribution in [0.25, 0.3) is 0 Å². The van der Waals surface area contributed by atoms with Gasteiger partial charge in [-0.1, -0.05) is 26.8 Å². The van der Waals surface area contributed by atoms with E-state index in [0.29, 0.717) is 5.92 Å². The number of nitrogen functional groups attached to an aromatic ring is 1. The van der Waals surface area contributed by atoms with Crippen molar-refractivity contribution in [3.05, 3.63) is 28.2 Å². The summed E-state index contributed by atoms with van der Waals surface area (Å²) in [5, 5.41) is 3.46. The second-order valence-electron chi connectivity index (χ2n) is 4.71. The highest BCUT2D eigenvalue weighted by Crippen LogP contribution is 2.20. The Balaban J connectivity index is 2.40. The van der Waals surface area contributed by atoms with Gasteiger partial charge in [-0.25, -0.2) is 0 Å². The number of nitrogens with two attached hydrogens (primary N) is 1. The van der Waals surface area contributed by atoms with E-state index in [1.807, 2.05) is 12.1 Å². The molecule has 0 aliphatic rings. The quantitative estimate of drug-likeness (QED) is 0.814. The van der Waals surface area contributed by atoms with Crippen molar-refractivity contribution in [2.45, 2.75) is 27.3 Å². The summed E-state index contributed by atoms with van der Waals surface area (Å²) in [5.74, 6) is 1.43. The second kappa shape index (κ2) is 6.26. The van der Waals surface area contributed by atoms with E-state index in [1.54, 1.807) is 0 Å². The maximum atomic E-state index is 5.83. The summed E-state index contributed by atoms with van der Waals surface area (Å²) < 4.78 is 0.965. The summed E-state index contributed by atoms with van der Waals surface area (Å²) in [4.78, 5) is 0. The van der Waals surface area contributed by atoms with Crippen LogP contribution < -0.4 is 11.1 Å². The van der Waals surface area contributed by atoms with Crippen LogP contribution in [-0.2, 0) is 6.54 Å². The van der Waals surface area contributed by atoms with Crippen molar-refractivity contribution in [3.63, 3.8) is 0 Å². The molecule has 1 aromatic rings. The van der Waals surface area contributed by atoms with Gasteiger partial charge in [-0.2, -0.15) is 0 Å². The van der Waals surface area contributed by atoms with Gasteiger partial charge in [-0.05, 0) is 52.0 Å². The molecule has 1 aromatic carbocycles. The fourth-order valence-corrected chi connectivity index (χ4v) is 1.63. The topological polar surface area (TPSA) is 38.0 Å². The van der Waals surface area contributed by atoms with Gasteiger partial charge in [0, 0.05) is 16.7 Å². The molecule has 1 atom stereocenters. The van der Waals surface area contributed by atoms with Gasteiger partial charge < -0.3 is 11.1 Å². The van der Waals surface area contributed by atoms with Crippen LogP contribution in [0.15, 0.2) is 22.7 Å². The number of rotatable bonds is 5. The van der Waals surface area contributed by atoms with Crippen LogP contribution in [0.5, 0.6) is 0 Å². The van der Waals surface area contributed by atoms with E-state index in [4.69, 9.17) is 5.73 Å². The molecule has 16 heavy (non-hydrogen) atoms. The number of nitrogens with one attached hydrogen (secondary N) is 1. The molecule has 3 heteroatoms. The summed E-state index contributed by atoms with van der Waals surface area (Å²) in [6.07, 6.45) is 0. The van der Waals surface area contributed by atoms with Gasteiger partial charge in [-0.15, -0.1) is 0 Å². The van der Waals surface area contributed by atoms with Gasteiger partial charge in [0.15, 0.2) is 0 Å². The molecule has 3 N–H and O–H groups in total. The fourth-order valence-electron chi connectivity index (χ4n) is 1.38. The predicted molar refractivity (Wildman–Crippen MR) is 74.3 cm³/mol. The second-order valence-corrected chi connectivity index (χ2v) is 5.56. The van der Waals surface area contributed by atoms with Gasteiger partial charge >= 0.3 is 0 Å². The van der Waals surface area contributed by atoms with E-state index in [-0.39, 0.29) is 0 Å². The Morgan fingerprint density at radius 3 is 2.56 bits per heavy atom. The molecule has 0 heterocycles. The van der Waals surface area contributed by atoms with Crippen molar-refractivity contribution in [3.8, 4) is 0 Å². The van der Waals surface area contributed by atoms with Crippen molar-refractivity contribution in [2.75, 3.05) is 12.3 Å². The third-order valence-corrected chi connectivity index (χ3v) is 3.72. The maximum Gasteiger partial charge on any atom is 0.0461 e. The molecule has 1 rings (SSSR count). The maximum absolute atomic E-state index is 5.83. The Morgan fingerprint density at radius 2 is 2.00 bits per heavy atom. The molecule has 0 saturated carbocycles. The highest BCUT2D eigenvalue weighted by Gasteiger charge is 2.06. The highest BCUT2D eigenvalue weighted by molar-refractivity contribution is 9.10. The Morgan fingerprint density at radius 1 is 1.31 bits per heavy atom. The summed E-state index contributed by atoms with van der Waals surface area (Å²) in [7, 11) is 0. The van der Waals surface area contributed by atoms with Gasteiger partial charge in [0.05, 0.1) is 0 Å². The molecule has 0 aliphatic carbocycles. The number of anilines is 1. The molecule has 90 valence electrons. The Labute approximate surface area is 107 Å². The van der Waals surface area contributed by atoms with E-state index in [0.717, 1.165) is 29.2 Å². The molecule has 1 unspecified atom stereocenters. The molecular formula is C13H21BrN2. The third-order valence-electron chi connectivity index (χ3n) is 2.99. The molecule has 0 fully saturated rings. The first-order valence-corrected chi connectivity index (χ1v) is 6.54. The molecule has 0 bridgehead atoms. The minimum Gasteiger partial charge on any atom is -0.398 e. The van der Waals surface area contributed by atoms with E-state index in [2.05, 4.69) is 48.1 Å². The van der Waals surface area contributed by atoms with Crippen molar-refractivity contribution in [2.24, 2.45) is 11.8 Å². The van der Waals surface area contributed by atoms with Crippen molar-refractivity contribution < 1.29 is 0 Å². The van der Waals surface area contributed by atoms with Crippen LogP contribution in [0.4, 0.5) is 5.69 Å². The Kier molecular flexibility index (Phi) is 5.29. The molecule has 2 nitrogen and oxygen atoms in total. The first-order chi connectivity index (χ1) is 7.50. The first kappa shape index (κ1) is 13.5. The number of hydrogen-bond acceptors (Lipinski definition) is 2. The molecular weight excluding hydrogens is 264 g/mol. The van der Waals surface area contributed by atoms with Crippen LogP contribution in [0.3, 0.4) is 0 Å². The predicted octanol–water partition coefficient (Wildman–Crippen LogP) is 3.41. The smallest absolute Gasteiger partial charge is 0.0461 e. The van der Waals surface area contributed by atoms with Crippen LogP contribution in [-0.4, -0.2) is 6.54 Å². The number of benzene rings is 1. The first-order valence-electron chi connectivity index (χ1n) is 5.75. The summed E-state index contributed by atoms with van der Waals surface area (Å²) in [6, 6.07) is 6.10. The fraction of sp³-hybridized carbons (Fsp3) is 0.538. The lowest BCUT2D eigenvalue weighted by molar-refractivity contribution is 0.392. The largest absolute Gasteiger partial charge is 0.398 e. The minimum absolute atomic E-state index is 0.702. The summed E-state index contributed by atoms with van der Waals surface area (Å²) in [5.41, 5.74) is 7.86. The zero-order valence-electron chi connectivity index (χ0n) is 10.3. The van der Waals surface area contributed by atoms with E-state index in [1.165, 1.54) is 5.56 Å². The van der Waals surface area contributed by atoms with Crippen molar-refractivity contribution in [1.29, 1.82) is 0 Å². The zero-order chi connectivity index (χ0) is 12.1. The lowest BCUT2D eigenvalue weighted by Gasteiger charge is -2.16. The van der Waals surface area contributed by atoms with Crippen LogP contribution in [0, 0.1) is 11.8 Å². The van der Waals surface area contributed by atoms with Gasteiger partial charge in [-0.3, -0.25) is 0 Å². The van der Waals surface area contributed by atoms with Crippen LogP contribution >= 0.6 is 15.9 Å². The molecule has 0 aliphatic heterocycles. The Hall–Kier alpha value is -0.540. The zero-order valence-corrected chi connectivity index (χ0v) is 11.8. The third kappa shape index (κ3) is 4.14. The lowest BCUT2D eigenvalue weighted by Crippen LogP contribution is -2.23. The van der Waals surface area contributed by atoms with E-state index >= 15 is 0 Å². The monoisotopic (exact) mass is 284 g/mol. The minimum atomic E-state index is 0.702. The highest BCUT2D eigenvalue weighted by atomic mass is 79.9. The standard InChI is InChI=1S/C13H21BrN2/c1-9(2)10(3)7-16-8-11-4-5-12(14)13(15)6-11/h4-6,9-10,16H,7-8,15H2,1-3H3. The molecule has 0 spiro atoms. The molecule has 0 aromatic heterocycles. The van der Waals surface area contributed by atoms with Crippen LogP contribution in [0.2, 0.25) is 0 Å². The van der Waals surface area contributed by atoms with Gasteiger partial charge in [0.2, 0.25) is 0 Å². The van der Waals surface area contributed by atoms with Crippen molar-refractivity contribution >= 4 is 21.6 Å². The summed E-state index contributed by atoms with van der Waals surface area (Å²) in [6.45, 7) is 8.71. The van der Waals surface area contributed by atoms with Crippen molar-refractivity contribution in [1.82, 2.24) is 5.32 Å². The van der Waals surface area contributed by atoms with Crippen LogP contribution in [0.1, 0.15) is 26.3 Å².